The topological polar surface area (TPSA) is 132 Å². The van der Waals surface area contributed by atoms with Gasteiger partial charge in [0.2, 0.25) is 15.9 Å². The predicted octanol–water partition coefficient (Wildman–Crippen LogP) is 2.51. The third-order valence-electron chi connectivity index (χ3n) is 4.77. The summed E-state index contributed by atoms with van der Waals surface area (Å²) in [4.78, 5) is 26.9. The van der Waals surface area contributed by atoms with E-state index < -0.39 is 15.6 Å². The molecule has 3 N–H and O–H groups in total. The van der Waals surface area contributed by atoms with Gasteiger partial charge in [-0.2, -0.15) is 5.26 Å². The molecule has 2 rings (SSSR count). The zero-order chi connectivity index (χ0) is 22.3. The monoisotopic (exact) mass is 430 g/mol. The van der Waals surface area contributed by atoms with Crippen LogP contribution in [-0.2, 0) is 21.2 Å². The quantitative estimate of drug-likeness (QED) is 0.526. The molecule has 0 aliphatic carbocycles. The zero-order valence-corrected chi connectivity index (χ0v) is 18.1. The molecule has 0 atom stereocenters. The lowest BCUT2D eigenvalue weighted by atomic mass is 9.99. The SMILES string of the molecule is CCCCNS(=O)(=O)c1cccc(NC(=O)CCc2c(C)[nH]c(=O)c(C#N)c2C)c1. The number of hydrogen-bond acceptors (Lipinski definition) is 5. The molecule has 1 aromatic heterocycles. The fourth-order valence-electron chi connectivity index (χ4n) is 3.09. The Morgan fingerprint density at radius 2 is 2.00 bits per heavy atom. The molecular formula is C21H26N4O4S. The molecule has 1 aromatic carbocycles. The Kier molecular flexibility index (Phi) is 7.92. The summed E-state index contributed by atoms with van der Waals surface area (Å²) >= 11 is 0. The van der Waals surface area contributed by atoms with E-state index in [0.717, 1.165) is 18.4 Å². The minimum Gasteiger partial charge on any atom is -0.326 e. The molecule has 0 aliphatic heterocycles. The van der Waals surface area contributed by atoms with Crippen molar-refractivity contribution in [3.05, 3.63) is 57.0 Å². The number of carbonyl (C=O) groups excluding carboxylic acids is 1. The number of nitrogens with one attached hydrogen (secondary N) is 3. The first-order valence-electron chi connectivity index (χ1n) is 9.71. The van der Waals surface area contributed by atoms with Gasteiger partial charge in [0.25, 0.3) is 5.56 Å². The number of unbranched alkanes of at least 4 members (excludes halogenated alkanes) is 1. The summed E-state index contributed by atoms with van der Waals surface area (Å²) in [5, 5.41) is 11.8. The van der Waals surface area contributed by atoms with Gasteiger partial charge in [-0.15, -0.1) is 0 Å². The highest BCUT2D eigenvalue weighted by atomic mass is 32.2. The molecule has 0 aliphatic rings. The summed E-state index contributed by atoms with van der Waals surface area (Å²) in [6.07, 6.45) is 2.07. The van der Waals surface area contributed by atoms with Gasteiger partial charge in [0.05, 0.1) is 4.90 Å². The van der Waals surface area contributed by atoms with Gasteiger partial charge in [-0.05, 0) is 56.0 Å². The van der Waals surface area contributed by atoms with Crippen LogP contribution in [0, 0.1) is 25.2 Å². The van der Waals surface area contributed by atoms with Gasteiger partial charge in [-0.1, -0.05) is 19.4 Å². The number of anilines is 1. The number of aromatic amines is 1. The first kappa shape index (κ1) is 23.3. The van der Waals surface area contributed by atoms with E-state index in [-0.39, 0.29) is 22.8 Å². The van der Waals surface area contributed by atoms with Crippen LogP contribution in [0.5, 0.6) is 0 Å². The van der Waals surface area contributed by atoms with Crippen LogP contribution >= 0.6 is 0 Å². The molecule has 1 heterocycles. The van der Waals surface area contributed by atoms with Crippen LogP contribution in [0.2, 0.25) is 0 Å². The molecule has 30 heavy (non-hydrogen) atoms. The molecule has 0 spiro atoms. The lowest BCUT2D eigenvalue weighted by Gasteiger charge is -2.12. The van der Waals surface area contributed by atoms with Crippen molar-refractivity contribution in [2.45, 2.75) is 51.3 Å². The molecule has 0 bridgehead atoms. The Bertz CT molecular complexity index is 1130. The van der Waals surface area contributed by atoms with E-state index in [1.54, 1.807) is 26.0 Å². The van der Waals surface area contributed by atoms with Crippen molar-refractivity contribution in [2.24, 2.45) is 0 Å². The maximum absolute atomic E-state index is 12.4. The number of amides is 1. The third-order valence-corrected chi connectivity index (χ3v) is 6.23. The normalized spacial score (nSPS) is 11.1. The van der Waals surface area contributed by atoms with E-state index in [2.05, 4.69) is 15.0 Å². The summed E-state index contributed by atoms with van der Waals surface area (Å²) in [7, 11) is -3.63. The predicted molar refractivity (Wildman–Crippen MR) is 115 cm³/mol. The summed E-state index contributed by atoms with van der Waals surface area (Å²) in [5.41, 5.74) is 1.92. The van der Waals surface area contributed by atoms with Gasteiger partial charge in [0.1, 0.15) is 11.6 Å². The Labute approximate surface area is 176 Å². The number of nitrogens with zero attached hydrogens (tertiary/aromatic N) is 1. The third kappa shape index (κ3) is 5.78. The second kappa shape index (κ2) is 10.2. The van der Waals surface area contributed by atoms with E-state index >= 15 is 0 Å². The molecule has 9 heteroatoms. The van der Waals surface area contributed by atoms with Gasteiger partial charge >= 0.3 is 0 Å². The zero-order valence-electron chi connectivity index (χ0n) is 17.3. The Morgan fingerprint density at radius 3 is 2.67 bits per heavy atom. The summed E-state index contributed by atoms with van der Waals surface area (Å²) in [5.74, 6) is -0.299. The van der Waals surface area contributed by atoms with Crippen molar-refractivity contribution in [2.75, 3.05) is 11.9 Å². The van der Waals surface area contributed by atoms with Gasteiger partial charge in [-0.3, -0.25) is 9.59 Å². The van der Waals surface area contributed by atoms with Crippen molar-refractivity contribution in [1.82, 2.24) is 9.71 Å². The molecule has 0 unspecified atom stereocenters. The van der Waals surface area contributed by atoms with E-state index in [4.69, 9.17) is 5.26 Å². The Hall–Kier alpha value is -2.96. The van der Waals surface area contributed by atoms with Crippen LogP contribution in [0.3, 0.4) is 0 Å². The van der Waals surface area contributed by atoms with E-state index in [9.17, 15) is 18.0 Å². The average Bonchev–Trinajstić information content (AvgIpc) is 2.68. The lowest BCUT2D eigenvalue weighted by molar-refractivity contribution is -0.116. The molecule has 0 saturated carbocycles. The molecule has 0 fully saturated rings. The maximum atomic E-state index is 12.4. The number of pyridine rings is 1. The van der Waals surface area contributed by atoms with Crippen molar-refractivity contribution in [1.29, 1.82) is 5.26 Å². The number of aryl methyl sites for hydroxylation is 1. The number of rotatable bonds is 9. The number of aromatic nitrogens is 1. The second-order valence-electron chi connectivity index (χ2n) is 7.00. The largest absolute Gasteiger partial charge is 0.326 e. The number of H-pyrrole nitrogens is 1. The molecule has 0 saturated heterocycles. The van der Waals surface area contributed by atoms with Crippen LogP contribution in [0.1, 0.15) is 48.6 Å². The first-order valence-corrected chi connectivity index (χ1v) is 11.2. The van der Waals surface area contributed by atoms with Crippen LogP contribution in [0.4, 0.5) is 5.69 Å². The second-order valence-corrected chi connectivity index (χ2v) is 8.76. The summed E-state index contributed by atoms with van der Waals surface area (Å²) in [6.45, 7) is 5.75. The van der Waals surface area contributed by atoms with Crippen molar-refractivity contribution in [3.63, 3.8) is 0 Å². The molecule has 2 aromatic rings. The number of carbonyl (C=O) groups is 1. The number of nitriles is 1. The van der Waals surface area contributed by atoms with Crippen LogP contribution < -0.4 is 15.6 Å². The lowest BCUT2D eigenvalue weighted by Crippen LogP contribution is -2.25. The van der Waals surface area contributed by atoms with E-state index in [1.807, 2.05) is 13.0 Å². The van der Waals surface area contributed by atoms with Gasteiger partial charge in [-0.25, -0.2) is 13.1 Å². The minimum absolute atomic E-state index is 0.0458. The number of sulfonamides is 1. The first-order chi connectivity index (χ1) is 14.2. The van der Waals surface area contributed by atoms with Gasteiger partial charge in [0, 0.05) is 24.3 Å². The van der Waals surface area contributed by atoms with Crippen molar-refractivity contribution < 1.29 is 13.2 Å². The molecule has 0 radical (unpaired) electrons. The molecule has 8 nitrogen and oxygen atoms in total. The summed E-state index contributed by atoms with van der Waals surface area (Å²) in [6, 6.07) is 7.96. The minimum atomic E-state index is -3.63. The standard InChI is InChI=1S/C21H26N4O4S/c1-4-5-11-23-30(28,29)17-8-6-7-16(12-17)25-20(26)10-9-18-14(2)19(13-22)21(27)24-15(18)3/h6-8,12,23H,4-5,9-11H2,1-3H3,(H,24,27)(H,25,26). The maximum Gasteiger partial charge on any atom is 0.266 e. The average molecular weight is 431 g/mol. The van der Waals surface area contributed by atoms with Crippen molar-refractivity contribution in [3.8, 4) is 6.07 Å². The fraction of sp³-hybridized carbons (Fsp3) is 0.381. The highest BCUT2D eigenvalue weighted by Crippen LogP contribution is 2.18. The molecular weight excluding hydrogens is 404 g/mol. The van der Waals surface area contributed by atoms with E-state index in [0.29, 0.717) is 29.9 Å². The highest BCUT2D eigenvalue weighted by Gasteiger charge is 2.16. The Balaban J connectivity index is 2.08. The van der Waals surface area contributed by atoms with Crippen LogP contribution in [0.25, 0.3) is 0 Å². The highest BCUT2D eigenvalue weighted by molar-refractivity contribution is 7.89. The molecule has 1 amide bonds. The Morgan fingerprint density at radius 1 is 1.27 bits per heavy atom. The van der Waals surface area contributed by atoms with Crippen molar-refractivity contribution >= 4 is 21.6 Å². The number of benzene rings is 1. The van der Waals surface area contributed by atoms with E-state index in [1.165, 1.54) is 12.1 Å². The van der Waals surface area contributed by atoms with Gasteiger partial charge < -0.3 is 10.3 Å². The molecule has 160 valence electrons. The number of hydrogen-bond donors (Lipinski definition) is 3. The fourth-order valence-corrected chi connectivity index (χ4v) is 4.21. The van der Waals surface area contributed by atoms with Crippen LogP contribution in [-0.4, -0.2) is 25.9 Å². The van der Waals surface area contributed by atoms with Gasteiger partial charge in [0.15, 0.2) is 0 Å². The van der Waals surface area contributed by atoms with Crippen LogP contribution in [0.15, 0.2) is 34.0 Å². The summed E-state index contributed by atoms with van der Waals surface area (Å²) < 4.78 is 27.2. The smallest absolute Gasteiger partial charge is 0.266 e.